The smallest absolute Gasteiger partial charge is 0.220 e. The van der Waals surface area contributed by atoms with Gasteiger partial charge in [-0.2, -0.15) is 0 Å². The third-order valence-electron chi connectivity index (χ3n) is 3.82. The van der Waals surface area contributed by atoms with E-state index in [9.17, 15) is 13.2 Å². The molecule has 0 aliphatic carbocycles. The second kappa shape index (κ2) is 10.7. The quantitative estimate of drug-likeness (QED) is 0.582. The Labute approximate surface area is 163 Å². The number of hydrogen-bond donors (Lipinski definition) is 2. The van der Waals surface area contributed by atoms with Crippen molar-refractivity contribution in [1.29, 1.82) is 0 Å². The number of hydrogen-bond acceptors (Lipinski definition) is 5. The van der Waals surface area contributed by atoms with E-state index in [4.69, 9.17) is 10.5 Å². The molecule has 0 saturated carbocycles. The third kappa shape index (κ3) is 8.87. The first kappa shape index (κ1) is 24.7. The molecular weight excluding hydrogens is 376 g/mol. The number of halogens is 1. The number of nitrogens with two attached hydrogens (primary N) is 1. The molecule has 1 atom stereocenters. The maximum atomic E-state index is 12.1. The normalized spacial score (nSPS) is 13.6. The Balaban J connectivity index is 0.00000625. The lowest BCUT2D eigenvalue weighted by molar-refractivity contribution is -0.123. The average molecular weight is 407 g/mol. The zero-order valence-corrected chi connectivity index (χ0v) is 17.6. The summed E-state index contributed by atoms with van der Waals surface area (Å²) in [4.78, 5) is 12.3. The van der Waals surface area contributed by atoms with Crippen molar-refractivity contribution in [2.45, 2.75) is 50.5 Å². The van der Waals surface area contributed by atoms with Gasteiger partial charge in [0.1, 0.15) is 5.75 Å². The van der Waals surface area contributed by atoms with Gasteiger partial charge in [-0.25, -0.2) is 8.42 Å². The largest absolute Gasteiger partial charge is 0.494 e. The molecule has 1 aromatic carbocycles. The topological polar surface area (TPSA) is 98.5 Å². The van der Waals surface area contributed by atoms with Crippen LogP contribution in [0.3, 0.4) is 0 Å². The second-order valence-corrected chi connectivity index (χ2v) is 9.12. The Morgan fingerprint density at radius 1 is 1.27 bits per heavy atom. The predicted octanol–water partition coefficient (Wildman–Crippen LogP) is 2.55. The molecular formula is C18H31ClN2O4S. The molecule has 3 N–H and O–H groups in total. The van der Waals surface area contributed by atoms with Gasteiger partial charge in [-0.1, -0.05) is 13.8 Å². The van der Waals surface area contributed by atoms with E-state index in [2.05, 4.69) is 19.2 Å². The molecule has 0 spiro atoms. The monoisotopic (exact) mass is 406 g/mol. The highest BCUT2D eigenvalue weighted by Gasteiger charge is 2.25. The van der Waals surface area contributed by atoms with E-state index in [1.165, 1.54) is 12.1 Å². The Kier molecular flexibility index (Phi) is 10.2. The summed E-state index contributed by atoms with van der Waals surface area (Å²) in [5.74, 6) is 0.996. The standard InChI is InChI=1S/C18H30N2O4S.ClH/c1-14(2)12-18(3,13-19)20-17(21)6-5-11-24-15-7-9-16(10-8-15)25(4,22)23;/h7-10,14H,5-6,11-13,19H2,1-4H3,(H,20,21);1H. The van der Waals surface area contributed by atoms with Gasteiger partial charge in [-0.3, -0.25) is 4.79 Å². The first-order chi connectivity index (χ1) is 11.6. The van der Waals surface area contributed by atoms with Crippen LogP contribution >= 0.6 is 12.4 Å². The van der Waals surface area contributed by atoms with Crippen molar-refractivity contribution < 1.29 is 17.9 Å². The van der Waals surface area contributed by atoms with Gasteiger partial charge in [0.05, 0.1) is 11.5 Å². The Hall–Kier alpha value is -1.31. The van der Waals surface area contributed by atoms with Crippen LogP contribution in [0.25, 0.3) is 0 Å². The molecule has 6 nitrogen and oxygen atoms in total. The van der Waals surface area contributed by atoms with Crippen molar-refractivity contribution in [3.8, 4) is 5.75 Å². The summed E-state index contributed by atoms with van der Waals surface area (Å²) in [7, 11) is -3.20. The molecule has 0 heterocycles. The van der Waals surface area contributed by atoms with Gasteiger partial charge >= 0.3 is 0 Å². The van der Waals surface area contributed by atoms with Crippen LogP contribution in [-0.2, 0) is 14.6 Å². The molecule has 0 bridgehead atoms. The second-order valence-electron chi connectivity index (χ2n) is 7.11. The molecule has 26 heavy (non-hydrogen) atoms. The fraction of sp³-hybridized carbons (Fsp3) is 0.611. The van der Waals surface area contributed by atoms with E-state index < -0.39 is 9.84 Å². The van der Waals surface area contributed by atoms with Gasteiger partial charge in [0.2, 0.25) is 5.91 Å². The van der Waals surface area contributed by atoms with Crippen molar-refractivity contribution in [2.24, 2.45) is 11.7 Å². The maximum Gasteiger partial charge on any atom is 0.220 e. The number of carbonyl (C=O) groups is 1. The molecule has 1 aromatic rings. The number of rotatable bonds is 10. The molecule has 0 saturated heterocycles. The highest BCUT2D eigenvalue weighted by atomic mass is 35.5. The molecule has 1 amide bonds. The first-order valence-corrected chi connectivity index (χ1v) is 10.4. The maximum absolute atomic E-state index is 12.1. The number of ether oxygens (including phenoxy) is 1. The number of benzene rings is 1. The lowest BCUT2D eigenvalue weighted by Gasteiger charge is -2.31. The molecule has 0 aromatic heterocycles. The SMILES string of the molecule is CC(C)CC(C)(CN)NC(=O)CCCOc1ccc(S(C)(=O)=O)cc1.Cl. The van der Waals surface area contributed by atoms with Gasteiger partial charge in [0, 0.05) is 24.8 Å². The van der Waals surface area contributed by atoms with Crippen LogP contribution in [0.4, 0.5) is 0 Å². The zero-order valence-electron chi connectivity index (χ0n) is 15.9. The van der Waals surface area contributed by atoms with Crippen LogP contribution in [0, 0.1) is 5.92 Å². The fourth-order valence-corrected chi connectivity index (χ4v) is 3.32. The minimum absolute atomic E-state index is 0. The van der Waals surface area contributed by atoms with E-state index in [1.54, 1.807) is 12.1 Å². The van der Waals surface area contributed by atoms with E-state index in [-0.39, 0.29) is 28.7 Å². The van der Waals surface area contributed by atoms with Crippen molar-refractivity contribution in [2.75, 3.05) is 19.4 Å². The summed E-state index contributed by atoms with van der Waals surface area (Å²) in [5, 5.41) is 3.01. The van der Waals surface area contributed by atoms with Gasteiger partial charge in [-0.15, -0.1) is 12.4 Å². The van der Waals surface area contributed by atoms with Crippen LogP contribution in [0.2, 0.25) is 0 Å². The lowest BCUT2D eigenvalue weighted by atomic mass is 9.90. The van der Waals surface area contributed by atoms with E-state index in [1.807, 2.05) is 6.92 Å². The van der Waals surface area contributed by atoms with Crippen LogP contribution < -0.4 is 15.8 Å². The van der Waals surface area contributed by atoms with Crippen molar-refractivity contribution >= 4 is 28.2 Å². The van der Waals surface area contributed by atoms with Crippen molar-refractivity contribution in [3.05, 3.63) is 24.3 Å². The first-order valence-electron chi connectivity index (χ1n) is 8.50. The number of carbonyl (C=O) groups excluding carboxylic acids is 1. The highest BCUT2D eigenvalue weighted by molar-refractivity contribution is 7.90. The van der Waals surface area contributed by atoms with Crippen LogP contribution in [0.5, 0.6) is 5.75 Å². The molecule has 0 fully saturated rings. The summed E-state index contributed by atoms with van der Waals surface area (Å²) in [6.45, 7) is 6.95. The van der Waals surface area contributed by atoms with Gasteiger partial charge in [0.15, 0.2) is 9.84 Å². The lowest BCUT2D eigenvalue weighted by Crippen LogP contribution is -2.52. The summed E-state index contributed by atoms with van der Waals surface area (Å²) in [6.07, 6.45) is 2.92. The average Bonchev–Trinajstić information content (AvgIpc) is 2.50. The number of sulfone groups is 1. The number of amides is 1. The van der Waals surface area contributed by atoms with Gasteiger partial charge in [-0.05, 0) is 49.9 Å². The predicted molar refractivity (Wildman–Crippen MR) is 107 cm³/mol. The molecule has 0 aliphatic heterocycles. The van der Waals surface area contributed by atoms with Gasteiger partial charge < -0.3 is 15.8 Å². The molecule has 1 unspecified atom stereocenters. The minimum Gasteiger partial charge on any atom is -0.494 e. The fourth-order valence-electron chi connectivity index (χ4n) is 2.69. The summed E-state index contributed by atoms with van der Waals surface area (Å²) in [6, 6.07) is 6.25. The third-order valence-corrected chi connectivity index (χ3v) is 4.95. The van der Waals surface area contributed by atoms with Crippen molar-refractivity contribution in [3.63, 3.8) is 0 Å². The Morgan fingerprint density at radius 2 is 1.85 bits per heavy atom. The van der Waals surface area contributed by atoms with Gasteiger partial charge in [0.25, 0.3) is 0 Å². The van der Waals surface area contributed by atoms with E-state index >= 15 is 0 Å². The molecule has 8 heteroatoms. The number of nitrogens with one attached hydrogen (secondary N) is 1. The molecule has 1 rings (SSSR count). The molecule has 0 radical (unpaired) electrons. The van der Waals surface area contributed by atoms with E-state index in [0.29, 0.717) is 37.7 Å². The highest BCUT2D eigenvalue weighted by Crippen LogP contribution is 2.17. The summed E-state index contributed by atoms with van der Waals surface area (Å²) < 4.78 is 28.3. The summed E-state index contributed by atoms with van der Waals surface area (Å²) >= 11 is 0. The van der Waals surface area contributed by atoms with E-state index in [0.717, 1.165) is 12.7 Å². The van der Waals surface area contributed by atoms with Crippen LogP contribution in [0.15, 0.2) is 29.2 Å². The van der Waals surface area contributed by atoms with Crippen LogP contribution in [-0.4, -0.2) is 39.3 Å². The Morgan fingerprint density at radius 3 is 2.31 bits per heavy atom. The molecule has 0 aliphatic rings. The zero-order chi connectivity index (χ0) is 19.1. The Bertz CT molecular complexity index is 662. The summed E-state index contributed by atoms with van der Waals surface area (Å²) in [5.41, 5.74) is 5.41. The molecule has 150 valence electrons. The van der Waals surface area contributed by atoms with Crippen LogP contribution in [0.1, 0.15) is 40.0 Å². The van der Waals surface area contributed by atoms with Crippen molar-refractivity contribution in [1.82, 2.24) is 5.32 Å². The minimum atomic E-state index is -3.20.